The molecule has 0 heterocycles. The number of amidine groups is 1. The lowest BCUT2D eigenvalue weighted by Crippen LogP contribution is -2.17. The van der Waals surface area contributed by atoms with E-state index >= 15 is 0 Å². The summed E-state index contributed by atoms with van der Waals surface area (Å²) in [5.41, 5.74) is 7.55. The molecule has 0 aliphatic rings. The molecule has 0 radical (unpaired) electrons. The van der Waals surface area contributed by atoms with Crippen molar-refractivity contribution in [2.24, 2.45) is 16.7 Å². The van der Waals surface area contributed by atoms with E-state index in [-0.39, 0.29) is 11.9 Å². The fourth-order valence-electron chi connectivity index (χ4n) is 1.83. The van der Waals surface area contributed by atoms with Crippen LogP contribution in [0.15, 0.2) is 59.7 Å². The predicted molar refractivity (Wildman–Crippen MR) is 76.8 cm³/mol. The van der Waals surface area contributed by atoms with Gasteiger partial charge in [0.05, 0.1) is 5.56 Å². The Kier molecular flexibility index (Phi) is 4.03. The van der Waals surface area contributed by atoms with E-state index in [0.29, 0.717) is 11.3 Å². The van der Waals surface area contributed by atoms with E-state index in [9.17, 15) is 0 Å². The van der Waals surface area contributed by atoms with Gasteiger partial charge in [-0.15, -0.1) is 0 Å². The third kappa shape index (κ3) is 3.04. The molecule has 0 aliphatic heterocycles. The fourth-order valence-corrected chi connectivity index (χ4v) is 1.83. The summed E-state index contributed by atoms with van der Waals surface area (Å²) in [6, 6.07) is 17.4. The normalized spacial score (nSPS) is 13.0. The molecule has 0 saturated carbocycles. The van der Waals surface area contributed by atoms with Crippen LogP contribution < -0.4 is 16.3 Å². The molecule has 0 fully saturated rings. The quantitative estimate of drug-likeness (QED) is 0.381. The fraction of sp³-hybridized carbons (Fsp3) is 0.133. The highest BCUT2D eigenvalue weighted by Gasteiger charge is 2.11. The smallest absolute Gasteiger partial charge is 0.154 e. The molecule has 19 heavy (non-hydrogen) atoms. The van der Waals surface area contributed by atoms with Crippen molar-refractivity contribution in [1.29, 1.82) is 0 Å². The minimum absolute atomic E-state index is 0.0760. The summed E-state index contributed by atoms with van der Waals surface area (Å²) in [6.45, 7) is 1.99. The number of ether oxygens (including phenoxy) is 1. The average molecular weight is 255 g/mol. The van der Waals surface area contributed by atoms with Gasteiger partial charge in [-0.25, -0.2) is 0 Å². The van der Waals surface area contributed by atoms with Crippen molar-refractivity contribution in [2.75, 3.05) is 0 Å². The topological polar surface area (TPSA) is 73.6 Å². The van der Waals surface area contributed by atoms with Crippen molar-refractivity contribution in [3.8, 4) is 5.75 Å². The highest BCUT2D eigenvalue weighted by atomic mass is 16.5. The molecule has 1 unspecified atom stereocenters. The molecule has 2 rings (SSSR count). The van der Waals surface area contributed by atoms with Gasteiger partial charge in [0.1, 0.15) is 11.9 Å². The van der Waals surface area contributed by atoms with E-state index in [4.69, 9.17) is 16.3 Å². The maximum Gasteiger partial charge on any atom is 0.154 e. The van der Waals surface area contributed by atoms with Crippen LogP contribution in [-0.2, 0) is 0 Å². The maximum absolute atomic E-state index is 5.94. The van der Waals surface area contributed by atoms with Crippen molar-refractivity contribution < 1.29 is 4.74 Å². The highest BCUT2D eigenvalue weighted by molar-refractivity contribution is 5.99. The molecular formula is C15H17N3O. The number of hydrogen-bond donors (Lipinski definition) is 2. The zero-order chi connectivity index (χ0) is 13.7. The second-order valence-corrected chi connectivity index (χ2v) is 4.18. The van der Waals surface area contributed by atoms with Gasteiger partial charge in [0.15, 0.2) is 5.84 Å². The summed E-state index contributed by atoms with van der Waals surface area (Å²) in [7, 11) is 0. The van der Waals surface area contributed by atoms with Gasteiger partial charge in [0, 0.05) is 0 Å². The molecular weight excluding hydrogens is 238 g/mol. The molecule has 2 aromatic rings. The molecule has 2 aromatic carbocycles. The zero-order valence-corrected chi connectivity index (χ0v) is 10.8. The molecule has 0 saturated heterocycles. The first-order valence-corrected chi connectivity index (χ1v) is 6.06. The molecule has 98 valence electrons. The summed E-state index contributed by atoms with van der Waals surface area (Å²) in [5, 5.41) is 3.51. The maximum atomic E-state index is 5.94. The van der Waals surface area contributed by atoms with Gasteiger partial charge in [-0.2, -0.15) is 5.10 Å². The molecule has 4 N–H and O–H groups in total. The minimum Gasteiger partial charge on any atom is -0.485 e. The summed E-state index contributed by atoms with van der Waals surface area (Å²) in [5.74, 6) is 6.15. The standard InChI is InChI=1S/C15H17N3O/c1-11(12-7-3-2-4-8-12)19-14-10-6-5-9-13(14)15(16)18-17/h2-11H,17H2,1H3,(H2,16,18). The first-order chi connectivity index (χ1) is 9.22. The Morgan fingerprint density at radius 2 is 1.68 bits per heavy atom. The van der Waals surface area contributed by atoms with Crippen LogP contribution in [0.5, 0.6) is 5.75 Å². The van der Waals surface area contributed by atoms with Crippen molar-refractivity contribution in [3.05, 3.63) is 65.7 Å². The van der Waals surface area contributed by atoms with Crippen LogP contribution in [0.3, 0.4) is 0 Å². The number of nitrogens with two attached hydrogens (primary N) is 2. The molecule has 4 heteroatoms. The van der Waals surface area contributed by atoms with Crippen LogP contribution in [0.2, 0.25) is 0 Å². The summed E-state index contributed by atoms with van der Waals surface area (Å²) in [6.07, 6.45) is -0.0760. The molecule has 4 nitrogen and oxygen atoms in total. The third-order valence-corrected chi connectivity index (χ3v) is 2.87. The Morgan fingerprint density at radius 1 is 1.05 bits per heavy atom. The number of rotatable bonds is 4. The van der Waals surface area contributed by atoms with E-state index in [2.05, 4.69) is 5.10 Å². The van der Waals surface area contributed by atoms with E-state index in [1.165, 1.54) is 0 Å². The molecule has 0 amide bonds. The monoisotopic (exact) mass is 255 g/mol. The lowest BCUT2D eigenvalue weighted by molar-refractivity contribution is 0.226. The van der Waals surface area contributed by atoms with Crippen molar-refractivity contribution in [2.45, 2.75) is 13.0 Å². The highest BCUT2D eigenvalue weighted by Crippen LogP contribution is 2.24. The van der Waals surface area contributed by atoms with Crippen LogP contribution in [0.4, 0.5) is 0 Å². The van der Waals surface area contributed by atoms with Crippen LogP contribution in [0.1, 0.15) is 24.2 Å². The van der Waals surface area contributed by atoms with Gasteiger partial charge < -0.3 is 16.3 Å². The molecule has 1 atom stereocenters. The van der Waals surface area contributed by atoms with Crippen LogP contribution in [-0.4, -0.2) is 5.84 Å². The first-order valence-electron chi connectivity index (χ1n) is 6.06. The lowest BCUT2D eigenvalue weighted by Gasteiger charge is -2.17. The van der Waals surface area contributed by atoms with E-state index < -0.39 is 0 Å². The molecule has 0 aliphatic carbocycles. The summed E-state index contributed by atoms with van der Waals surface area (Å²) >= 11 is 0. The Morgan fingerprint density at radius 3 is 2.37 bits per heavy atom. The predicted octanol–water partition coefficient (Wildman–Crippen LogP) is 2.41. The third-order valence-electron chi connectivity index (χ3n) is 2.87. The second-order valence-electron chi connectivity index (χ2n) is 4.18. The van der Waals surface area contributed by atoms with E-state index in [0.717, 1.165) is 5.56 Å². The minimum atomic E-state index is -0.0760. The first kappa shape index (κ1) is 13.0. The number of para-hydroxylation sites is 1. The van der Waals surface area contributed by atoms with Gasteiger partial charge >= 0.3 is 0 Å². The van der Waals surface area contributed by atoms with Crippen molar-refractivity contribution >= 4 is 5.84 Å². The summed E-state index contributed by atoms with van der Waals surface area (Å²) in [4.78, 5) is 0. The van der Waals surface area contributed by atoms with E-state index in [1.807, 2.05) is 61.5 Å². The largest absolute Gasteiger partial charge is 0.485 e. The van der Waals surface area contributed by atoms with Gasteiger partial charge in [-0.3, -0.25) is 0 Å². The van der Waals surface area contributed by atoms with Crippen LogP contribution in [0.25, 0.3) is 0 Å². The Hall–Kier alpha value is -2.49. The van der Waals surface area contributed by atoms with Gasteiger partial charge in [0.2, 0.25) is 0 Å². The van der Waals surface area contributed by atoms with Crippen molar-refractivity contribution in [3.63, 3.8) is 0 Å². The Labute approximate surface area is 112 Å². The van der Waals surface area contributed by atoms with Crippen molar-refractivity contribution in [1.82, 2.24) is 0 Å². The molecule has 0 aromatic heterocycles. The number of hydrazone groups is 1. The zero-order valence-electron chi connectivity index (χ0n) is 10.8. The SMILES string of the molecule is CC(Oc1ccccc1C(N)=NN)c1ccccc1. The Balaban J connectivity index is 2.24. The molecule has 0 bridgehead atoms. The van der Waals surface area contributed by atoms with Crippen LogP contribution in [0, 0.1) is 0 Å². The average Bonchev–Trinajstić information content (AvgIpc) is 2.48. The Bertz CT molecular complexity index is 567. The summed E-state index contributed by atoms with van der Waals surface area (Å²) < 4.78 is 5.94. The number of nitrogens with zero attached hydrogens (tertiary/aromatic N) is 1. The second kappa shape index (κ2) is 5.91. The number of hydrogen-bond acceptors (Lipinski definition) is 3. The molecule has 0 spiro atoms. The van der Waals surface area contributed by atoms with Gasteiger partial charge in [-0.1, -0.05) is 42.5 Å². The van der Waals surface area contributed by atoms with Crippen LogP contribution >= 0.6 is 0 Å². The van der Waals surface area contributed by atoms with E-state index in [1.54, 1.807) is 0 Å². The number of benzene rings is 2. The van der Waals surface area contributed by atoms with Gasteiger partial charge in [-0.05, 0) is 24.6 Å². The van der Waals surface area contributed by atoms with Gasteiger partial charge in [0.25, 0.3) is 0 Å². The lowest BCUT2D eigenvalue weighted by atomic mass is 10.1.